The van der Waals surface area contributed by atoms with Crippen molar-refractivity contribution >= 4 is 11.9 Å². The molecule has 0 bridgehead atoms. The van der Waals surface area contributed by atoms with Gasteiger partial charge in [-0.15, -0.1) is 0 Å². The lowest BCUT2D eigenvalue weighted by atomic mass is 10.1. The fourth-order valence-corrected chi connectivity index (χ4v) is 4.57. The van der Waals surface area contributed by atoms with Gasteiger partial charge in [0.1, 0.15) is 12.7 Å². The molecule has 0 saturated carbocycles. The minimum absolute atomic E-state index is 0.154. The van der Waals surface area contributed by atoms with Crippen LogP contribution in [0.1, 0.15) is 175 Å². The van der Waals surface area contributed by atoms with Crippen LogP contribution in [0.5, 0.6) is 0 Å². The molecule has 0 aliphatic carbocycles. The number of hydrogen-bond acceptors (Lipinski definition) is 4. The summed E-state index contributed by atoms with van der Waals surface area (Å²) in [6, 6.07) is 0. The molecule has 0 saturated heterocycles. The number of carbonyl (C=O) groups is 2. The Morgan fingerprint density at radius 2 is 0.872 bits per heavy atom. The predicted molar refractivity (Wildman–Crippen MR) is 167 cm³/mol. The average Bonchev–Trinajstić information content (AvgIpc) is 2.92. The first-order valence-corrected chi connectivity index (χ1v) is 16.7. The molecule has 39 heavy (non-hydrogen) atoms. The monoisotopic (exact) mass is 548 g/mol. The van der Waals surface area contributed by atoms with Gasteiger partial charge in [-0.1, -0.05) is 115 Å². The van der Waals surface area contributed by atoms with Crippen LogP contribution < -0.4 is 0 Å². The number of hydrogen-bond donors (Lipinski definition) is 0. The van der Waals surface area contributed by atoms with E-state index >= 15 is 0 Å². The van der Waals surface area contributed by atoms with Gasteiger partial charge < -0.3 is 9.47 Å². The predicted octanol–water partition coefficient (Wildman–Crippen LogP) is 11.0. The van der Waals surface area contributed by atoms with E-state index in [9.17, 15) is 9.59 Å². The van der Waals surface area contributed by atoms with Gasteiger partial charge in [0, 0.05) is 12.8 Å². The number of carbonyl (C=O) groups excluding carboxylic acids is 2. The highest BCUT2D eigenvalue weighted by molar-refractivity contribution is 5.70. The van der Waals surface area contributed by atoms with Crippen molar-refractivity contribution in [2.24, 2.45) is 0 Å². The molecule has 228 valence electrons. The van der Waals surface area contributed by atoms with E-state index in [1.54, 1.807) is 6.92 Å². The van der Waals surface area contributed by atoms with E-state index in [1.165, 1.54) is 116 Å². The molecular formula is C35H64O4. The maximum absolute atomic E-state index is 12.0. The molecule has 0 aromatic carbocycles. The summed E-state index contributed by atoms with van der Waals surface area (Å²) < 4.78 is 10.7. The quantitative estimate of drug-likeness (QED) is 0.0530. The summed E-state index contributed by atoms with van der Waals surface area (Å²) in [5, 5.41) is 0. The molecule has 4 nitrogen and oxygen atoms in total. The van der Waals surface area contributed by atoms with Gasteiger partial charge in [0.05, 0.1) is 0 Å². The third-order valence-corrected chi connectivity index (χ3v) is 7.10. The van der Waals surface area contributed by atoms with Crippen LogP contribution in [0.25, 0.3) is 0 Å². The summed E-state index contributed by atoms with van der Waals surface area (Å²) in [4.78, 5) is 24.0. The van der Waals surface area contributed by atoms with Crippen LogP contribution in [0.3, 0.4) is 0 Å². The van der Waals surface area contributed by atoms with Gasteiger partial charge in [-0.3, -0.25) is 9.59 Å². The number of ether oxygens (including phenoxy) is 2. The zero-order valence-electron chi connectivity index (χ0n) is 26.2. The zero-order valence-corrected chi connectivity index (χ0v) is 26.2. The van der Waals surface area contributed by atoms with Gasteiger partial charge in [0.2, 0.25) is 0 Å². The van der Waals surface area contributed by atoms with E-state index < -0.39 is 0 Å². The van der Waals surface area contributed by atoms with E-state index in [2.05, 4.69) is 38.2 Å². The molecule has 4 heteroatoms. The highest BCUT2D eigenvalue weighted by Gasteiger charge is 2.12. The Morgan fingerprint density at radius 1 is 0.513 bits per heavy atom. The minimum atomic E-state index is -0.380. The molecule has 0 aliphatic heterocycles. The third-order valence-electron chi connectivity index (χ3n) is 7.10. The smallest absolute Gasteiger partial charge is 0.306 e. The fraction of sp³-hybridized carbons (Fsp3) is 0.829. The molecule has 0 aromatic heterocycles. The Bertz CT molecular complexity index is 595. The maximum atomic E-state index is 12.0. The average molecular weight is 549 g/mol. The van der Waals surface area contributed by atoms with Crippen molar-refractivity contribution in [3.8, 4) is 0 Å². The highest BCUT2D eigenvalue weighted by Crippen LogP contribution is 2.11. The number of unbranched alkanes of at least 4 members (excludes halogenated alkanes) is 18. The number of allylic oxidation sites excluding steroid dienone is 4. The molecule has 0 spiro atoms. The topological polar surface area (TPSA) is 52.6 Å². The van der Waals surface area contributed by atoms with Crippen LogP contribution in [0.4, 0.5) is 0 Å². The van der Waals surface area contributed by atoms with Gasteiger partial charge in [-0.25, -0.2) is 0 Å². The molecule has 0 rings (SSSR count). The van der Waals surface area contributed by atoms with Gasteiger partial charge in [0.25, 0.3) is 0 Å². The second-order valence-corrected chi connectivity index (χ2v) is 11.2. The number of rotatable bonds is 29. The zero-order chi connectivity index (χ0) is 28.7. The Morgan fingerprint density at radius 3 is 1.31 bits per heavy atom. The second kappa shape index (κ2) is 31.0. The van der Waals surface area contributed by atoms with Gasteiger partial charge >= 0.3 is 11.9 Å². The SMILES string of the molecule is CCCCCC/C=C\CCCCCCCC(=O)OCC(C)OC(=O)CCCCCCC/C=C\CCCCCC. The first-order chi connectivity index (χ1) is 19.1. The van der Waals surface area contributed by atoms with Crippen LogP contribution >= 0.6 is 0 Å². The van der Waals surface area contributed by atoms with E-state index in [1.807, 2.05) is 0 Å². The van der Waals surface area contributed by atoms with Gasteiger partial charge in [-0.2, -0.15) is 0 Å². The molecule has 1 atom stereocenters. The lowest BCUT2D eigenvalue weighted by Gasteiger charge is -2.13. The first kappa shape index (κ1) is 37.4. The van der Waals surface area contributed by atoms with Crippen molar-refractivity contribution in [1.29, 1.82) is 0 Å². The molecule has 0 aliphatic rings. The van der Waals surface area contributed by atoms with Crippen molar-refractivity contribution in [2.75, 3.05) is 6.61 Å². The first-order valence-electron chi connectivity index (χ1n) is 16.7. The lowest BCUT2D eigenvalue weighted by molar-refractivity contribution is -0.158. The standard InChI is InChI=1S/C35H64O4/c1-4-6-8-10-12-14-16-18-20-22-24-26-28-30-34(36)38-32-33(3)39-35(37)31-29-27-25-23-21-19-17-15-13-11-9-7-5-2/h14-17,33H,4-13,18-32H2,1-3H3/b16-14-,17-15-. The third kappa shape index (κ3) is 30.8. The molecule has 0 heterocycles. The number of esters is 2. The second-order valence-electron chi connectivity index (χ2n) is 11.2. The van der Waals surface area contributed by atoms with E-state index in [-0.39, 0.29) is 24.6 Å². The van der Waals surface area contributed by atoms with Crippen molar-refractivity contribution in [3.63, 3.8) is 0 Å². The summed E-state index contributed by atoms with van der Waals surface area (Å²) in [5.41, 5.74) is 0. The van der Waals surface area contributed by atoms with Crippen LogP contribution in [0.2, 0.25) is 0 Å². The molecule has 0 amide bonds. The van der Waals surface area contributed by atoms with Gasteiger partial charge in [-0.05, 0) is 71.1 Å². The fourth-order valence-electron chi connectivity index (χ4n) is 4.57. The van der Waals surface area contributed by atoms with Crippen molar-refractivity contribution < 1.29 is 19.1 Å². The Labute approximate surface area is 242 Å². The van der Waals surface area contributed by atoms with E-state index in [0.29, 0.717) is 12.8 Å². The van der Waals surface area contributed by atoms with E-state index in [0.717, 1.165) is 25.7 Å². The highest BCUT2D eigenvalue weighted by atomic mass is 16.6. The normalized spacial score (nSPS) is 12.4. The molecule has 0 radical (unpaired) electrons. The van der Waals surface area contributed by atoms with Gasteiger partial charge in [0.15, 0.2) is 0 Å². The molecule has 0 aromatic rings. The summed E-state index contributed by atoms with van der Waals surface area (Å²) in [5.74, 6) is -0.369. The Balaban J connectivity index is 3.48. The van der Waals surface area contributed by atoms with Crippen LogP contribution in [-0.4, -0.2) is 24.6 Å². The molecule has 1 unspecified atom stereocenters. The Hall–Kier alpha value is -1.58. The molecule has 0 fully saturated rings. The lowest BCUT2D eigenvalue weighted by Crippen LogP contribution is -2.22. The summed E-state index contributed by atoms with van der Waals surface area (Å²) in [6.45, 7) is 6.45. The van der Waals surface area contributed by atoms with Crippen molar-refractivity contribution in [1.82, 2.24) is 0 Å². The minimum Gasteiger partial charge on any atom is -0.462 e. The van der Waals surface area contributed by atoms with Crippen LogP contribution in [0.15, 0.2) is 24.3 Å². The summed E-state index contributed by atoms with van der Waals surface area (Å²) in [7, 11) is 0. The summed E-state index contributed by atoms with van der Waals surface area (Å²) >= 11 is 0. The van der Waals surface area contributed by atoms with Crippen LogP contribution in [-0.2, 0) is 19.1 Å². The van der Waals surface area contributed by atoms with Crippen LogP contribution in [0, 0.1) is 0 Å². The molecular weight excluding hydrogens is 484 g/mol. The largest absolute Gasteiger partial charge is 0.462 e. The maximum Gasteiger partial charge on any atom is 0.306 e. The van der Waals surface area contributed by atoms with Crippen molar-refractivity contribution in [3.05, 3.63) is 24.3 Å². The molecule has 0 N–H and O–H groups in total. The summed E-state index contributed by atoms with van der Waals surface area (Å²) in [6.07, 6.45) is 36.4. The Kier molecular flexibility index (Phi) is 29.7. The van der Waals surface area contributed by atoms with E-state index in [4.69, 9.17) is 9.47 Å². The van der Waals surface area contributed by atoms with Crippen molar-refractivity contribution in [2.45, 2.75) is 181 Å².